The number of hydrogen-bond acceptors (Lipinski definition) is 3. The van der Waals surface area contributed by atoms with Crippen LogP contribution in [-0.2, 0) is 0 Å². The summed E-state index contributed by atoms with van der Waals surface area (Å²) >= 11 is 0. The van der Waals surface area contributed by atoms with E-state index < -0.39 is 0 Å². The molecular weight excluding hydrogens is 210 g/mol. The van der Waals surface area contributed by atoms with Crippen molar-refractivity contribution in [3.63, 3.8) is 0 Å². The van der Waals surface area contributed by atoms with Gasteiger partial charge in [0.15, 0.2) is 0 Å². The molecule has 0 bridgehead atoms. The average Bonchev–Trinajstić information content (AvgIpc) is 2.40. The first-order chi connectivity index (χ1) is 8.31. The van der Waals surface area contributed by atoms with Crippen molar-refractivity contribution in [1.82, 2.24) is 10.2 Å². The standard InChI is InChI=1S/C14H25N3/c1-3-17(4-2)11-10-16-14(12-15)13-8-6-5-7-9-13/h5-9,14,16H,3-4,10-12,15H2,1-2H3. The van der Waals surface area contributed by atoms with Gasteiger partial charge in [-0.1, -0.05) is 44.2 Å². The first-order valence-corrected chi connectivity index (χ1v) is 6.52. The molecule has 1 rings (SSSR count). The van der Waals surface area contributed by atoms with Crippen molar-refractivity contribution < 1.29 is 0 Å². The Balaban J connectivity index is 2.38. The van der Waals surface area contributed by atoms with E-state index in [1.807, 2.05) is 6.07 Å². The van der Waals surface area contributed by atoms with Crippen molar-refractivity contribution in [2.24, 2.45) is 5.73 Å². The molecule has 1 aromatic rings. The Kier molecular flexibility index (Phi) is 6.86. The van der Waals surface area contributed by atoms with E-state index in [-0.39, 0.29) is 6.04 Å². The van der Waals surface area contributed by atoms with Crippen molar-refractivity contribution in [1.29, 1.82) is 0 Å². The summed E-state index contributed by atoms with van der Waals surface area (Å²) in [5, 5.41) is 3.52. The predicted octanol–water partition coefficient (Wildman–Crippen LogP) is 1.62. The molecule has 0 spiro atoms. The number of nitrogens with two attached hydrogens (primary N) is 1. The minimum atomic E-state index is 0.270. The number of nitrogens with zero attached hydrogens (tertiary/aromatic N) is 1. The second kappa shape index (κ2) is 8.23. The van der Waals surface area contributed by atoms with Gasteiger partial charge in [-0.2, -0.15) is 0 Å². The molecule has 17 heavy (non-hydrogen) atoms. The van der Waals surface area contributed by atoms with Crippen LogP contribution >= 0.6 is 0 Å². The zero-order chi connectivity index (χ0) is 12.5. The monoisotopic (exact) mass is 235 g/mol. The van der Waals surface area contributed by atoms with Crippen LogP contribution in [0.5, 0.6) is 0 Å². The van der Waals surface area contributed by atoms with Crippen LogP contribution in [0.1, 0.15) is 25.5 Å². The molecule has 0 amide bonds. The van der Waals surface area contributed by atoms with Crippen LogP contribution in [0.3, 0.4) is 0 Å². The molecule has 1 atom stereocenters. The van der Waals surface area contributed by atoms with Crippen molar-refractivity contribution >= 4 is 0 Å². The molecule has 0 aliphatic heterocycles. The number of rotatable bonds is 8. The molecule has 3 heteroatoms. The van der Waals surface area contributed by atoms with Gasteiger partial charge in [-0.25, -0.2) is 0 Å². The van der Waals surface area contributed by atoms with Crippen molar-refractivity contribution in [2.45, 2.75) is 19.9 Å². The molecule has 0 aliphatic rings. The number of nitrogens with one attached hydrogen (secondary N) is 1. The van der Waals surface area contributed by atoms with E-state index in [2.05, 4.69) is 48.3 Å². The van der Waals surface area contributed by atoms with Gasteiger partial charge in [-0.3, -0.25) is 0 Å². The van der Waals surface area contributed by atoms with Gasteiger partial charge in [0.2, 0.25) is 0 Å². The van der Waals surface area contributed by atoms with Gasteiger partial charge >= 0.3 is 0 Å². The lowest BCUT2D eigenvalue weighted by atomic mass is 10.1. The van der Waals surface area contributed by atoms with Crippen LogP contribution in [0.4, 0.5) is 0 Å². The van der Waals surface area contributed by atoms with E-state index in [1.54, 1.807) is 0 Å². The largest absolute Gasteiger partial charge is 0.329 e. The van der Waals surface area contributed by atoms with Gasteiger partial charge in [-0.05, 0) is 18.7 Å². The Bertz CT molecular complexity index is 283. The second-order valence-corrected chi connectivity index (χ2v) is 4.18. The molecule has 0 radical (unpaired) electrons. The maximum Gasteiger partial charge on any atom is 0.0444 e. The van der Waals surface area contributed by atoms with Crippen LogP contribution in [0, 0.1) is 0 Å². The zero-order valence-corrected chi connectivity index (χ0v) is 11.0. The van der Waals surface area contributed by atoms with Gasteiger partial charge in [0, 0.05) is 25.7 Å². The Morgan fingerprint density at radius 2 is 1.82 bits per heavy atom. The summed E-state index contributed by atoms with van der Waals surface area (Å²) in [6.07, 6.45) is 0. The van der Waals surface area contributed by atoms with Gasteiger partial charge in [0.25, 0.3) is 0 Å². The minimum Gasteiger partial charge on any atom is -0.329 e. The summed E-state index contributed by atoms with van der Waals surface area (Å²) in [5.41, 5.74) is 7.08. The van der Waals surface area contributed by atoms with Crippen LogP contribution < -0.4 is 11.1 Å². The maximum atomic E-state index is 5.81. The molecule has 1 aromatic carbocycles. The number of hydrogen-bond donors (Lipinski definition) is 2. The molecule has 0 aliphatic carbocycles. The summed E-state index contributed by atoms with van der Waals surface area (Å²) in [6.45, 7) is 9.31. The van der Waals surface area contributed by atoms with Crippen molar-refractivity contribution in [2.75, 3.05) is 32.7 Å². The first kappa shape index (κ1) is 14.2. The highest BCUT2D eigenvalue weighted by Crippen LogP contribution is 2.10. The third-order valence-electron chi connectivity index (χ3n) is 3.15. The molecule has 0 saturated carbocycles. The smallest absolute Gasteiger partial charge is 0.0444 e. The lowest BCUT2D eigenvalue weighted by Gasteiger charge is -2.21. The Morgan fingerprint density at radius 1 is 1.18 bits per heavy atom. The number of likely N-dealkylation sites (N-methyl/N-ethyl adjacent to an activating group) is 1. The molecule has 0 aromatic heterocycles. The average molecular weight is 235 g/mol. The molecular formula is C14H25N3. The lowest BCUT2D eigenvalue weighted by Crippen LogP contribution is -2.36. The quantitative estimate of drug-likeness (QED) is 0.719. The predicted molar refractivity (Wildman–Crippen MR) is 74.0 cm³/mol. The van der Waals surface area contributed by atoms with E-state index in [4.69, 9.17) is 5.73 Å². The van der Waals surface area contributed by atoms with E-state index in [0.717, 1.165) is 26.2 Å². The van der Waals surface area contributed by atoms with E-state index in [0.29, 0.717) is 6.54 Å². The Labute approximate surface area is 105 Å². The summed E-state index contributed by atoms with van der Waals surface area (Å²) in [6, 6.07) is 10.7. The minimum absolute atomic E-state index is 0.270. The highest BCUT2D eigenvalue weighted by Gasteiger charge is 2.08. The van der Waals surface area contributed by atoms with Crippen LogP contribution in [0.15, 0.2) is 30.3 Å². The molecule has 0 saturated heterocycles. The molecule has 1 unspecified atom stereocenters. The Hall–Kier alpha value is -0.900. The van der Waals surface area contributed by atoms with Gasteiger partial charge in [0.1, 0.15) is 0 Å². The van der Waals surface area contributed by atoms with Crippen molar-refractivity contribution in [3.05, 3.63) is 35.9 Å². The maximum absolute atomic E-state index is 5.81. The summed E-state index contributed by atoms with van der Waals surface area (Å²) in [5.74, 6) is 0. The van der Waals surface area contributed by atoms with Crippen molar-refractivity contribution in [3.8, 4) is 0 Å². The topological polar surface area (TPSA) is 41.3 Å². The molecule has 0 heterocycles. The zero-order valence-electron chi connectivity index (χ0n) is 11.0. The molecule has 3 N–H and O–H groups in total. The van der Waals surface area contributed by atoms with Gasteiger partial charge in [0.05, 0.1) is 0 Å². The lowest BCUT2D eigenvalue weighted by molar-refractivity contribution is 0.297. The molecule has 0 fully saturated rings. The van der Waals surface area contributed by atoms with E-state index in [1.165, 1.54) is 5.56 Å². The van der Waals surface area contributed by atoms with Crippen LogP contribution in [0.2, 0.25) is 0 Å². The van der Waals surface area contributed by atoms with E-state index >= 15 is 0 Å². The third kappa shape index (κ3) is 4.86. The normalized spacial score (nSPS) is 12.9. The van der Waals surface area contributed by atoms with Gasteiger partial charge < -0.3 is 16.0 Å². The summed E-state index contributed by atoms with van der Waals surface area (Å²) in [7, 11) is 0. The van der Waals surface area contributed by atoms with Crippen LogP contribution in [-0.4, -0.2) is 37.6 Å². The summed E-state index contributed by atoms with van der Waals surface area (Å²) in [4.78, 5) is 2.41. The Morgan fingerprint density at radius 3 is 2.35 bits per heavy atom. The highest BCUT2D eigenvalue weighted by molar-refractivity contribution is 5.19. The fourth-order valence-electron chi connectivity index (χ4n) is 1.96. The second-order valence-electron chi connectivity index (χ2n) is 4.18. The van der Waals surface area contributed by atoms with Gasteiger partial charge in [-0.15, -0.1) is 0 Å². The highest BCUT2D eigenvalue weighted by atomic mass is 15.1. The molecule has 3 nitrogen and oxygen atoms in total. The third-order valence-corrected chi connectivity index (χ3v) is 3.15. The summed E-state index contributed by atoms with van der Waals surface area (Å²) < 4.78 is 0. The van der Waals surface area contributed by atoms with Crippen LogP contribution in [0.25, 0.3) is 0 Å². The van der Waals surface area contributed by atoms with E-state index in [9.17, 15) is 0 Å². The number of benzene rings is 1. The fraction of sp³-hybridized carbons (Fsp3) is 0.571. The SMILES string of the molecule is CCN(CC)CCNC(CN)c1ccccc1. The fourth-order valence-corrected chi connectivity index (χ4v) is 1.96. The first-order valence-electron chi connectivity index (χ1n) is 6.52. The molecule has 96 valence electrons.